The van der Waals surface area contributed by atoms with Gasteiger partial charge in [-0.2, -0.15) is 17.8 Å². The summed E-state index contributed by atoms with van der Waals surface area (Å²) >= 11 is 0. The van der Waals surface area contributed by atoms with Gasteiger partial charge in [0, 0.05) is 25.8 Å². The van der Waals surface area contributed by atoms with Crippen molar-refractivity contribution in [2.45, 2.75) is 26.3 Å². The summed E-state index contributed by atoms with van der Waals surface area (Å²) in [5, 5.41) is 4.12. The highest BCUT2D eigenvalue weighted by Crippen LogP contribution is 2.17. The molecule has 0 unspecified atom stereocenters. The summed E-state index contributed by atoms with van der Waals surface area (Å²) in [6.45, 7) is 4.58. The summed E-state index contributed by atoms with van der Waals surface area (Å²) < 4.78 is 30.1. The number of rotatable bonds is 6. The number of nitrogens with one attached hydrogen (secondary N) is 1. The molecule has 0 aliphatic carbocycles. The van der Waals surface area contributed by atoms with Crippen LogP contribution in [0.25, 0.3) is 0 Å². The van der Waals surface area contributed by atoms with Crippen LogP contribution < -0.4 is 10.5 Å². The number of hydrogen-bond acceptors (Lipinski definition) is 4. The molecule has 1 aliphatic heterocycles. The molecule has 20 heavy (non-hydrogen) atoms. The molecule has 2 heterocycles. The second kappa shape index (κ2) is 6.66. The zero-order valence-electron chi connectivity index (χ0n) is 11.8. The summed E-state index contributed by atoms with van der Waals surface area (Å²) in [6.07, 6.45) is 5.33. The summed E-state index contributed by atoms with van der Waals surface area (Å²) in [4.78, 5) is 0. The fourth-order valence-corrected chi connectivity index (χ4v) is 3.58. The quantitative estimate of drug-likeness (QED) is 0.754. The smallest absolute Gasteiger partial charge is 0.279 e. The maximum atomic E-state index is 12.1. The topological polar surface area (TPSA) is 93.2 Å². The average Bonchev–Trinajstić information content (AvgIpc) is 2.84. The standard InChI is InChI=1S/C12H23N5O2S/c1-11-9-14-16(10-11)7-4-15-20(18,19)17-5-2-12(8-13)3-6-17/h9-10,12,15H,2-8,13H2,1H3. The number of piperidine rings is 1. The molecular formula is C12H23N5O2S. The van der Waals surface area contributed by atoms with Gasteiger partial charge in [-0.25, -0.2) is 4.72 Å². The minimum absolute atomic E-state index is 0.347. The fraction of sp³-hybridized carbons (Fsp3) is 0.750. The van der Waals surface area contributed by atoms with Crippen LogP contribution in [-0.4, -0.2) is 48.7 Å². The predicted molar refractivity (Wildman–Crippen MR) is 77.2 cm³/mol. The third kappa shape index (κ3) is 4.02. The molecule has 0 aromatic carbocycles. The maximum absolute atomic E-state index is 12.1. The van der Waals surface area contributed by atoms with Crippen LogP contribution in [0.1, 0.15) is 18.4 Å². The molecule has 1 fully saturated rings. The van der Waals surface area contributed by atoms with Crippen LogP contribution in [0, 0.1) is 12.8 Å². The molecule has 0 amide bonds. The Labute approximate surface area is 120 Å². The van der Waals surface area contributed by atoms with E-state index in [0.29, 0.717) is 38.6 Å². The third-order valence-electron chi connectivity index (χ3n) is 3.63. The van der Waals surface area contributed by atoms with Crippen molar-refractivity contribution < 1.29 is 8.42 Å². The molecule has 2 rings (SSSR count). The van der Waals surface area contributed by atoms with Gasteiger partial charge >= 0.3 is 0 Å². The van der Waals surface area contributed by atoms with Crippen LogP contribution in [0.2, 0.25) is 0 Å². The van der Waals surface area contributed by atoms with E-state index in [2.05, 4.69) is 9.82 Å². The molecule has 1 aromatic rings. The minimum atomic E-state index is -3.38. The van der Waals surface area contributed by atoms with Crippen LogP contribution in [-0.2, 0) is 16.8 Å². The number of hydrogen-bond donors (Lipinski definition) is 2. The van der Waals surface area contributed by atoms with E-state index in [-0.39, 0.29) is 0 Å². The SMILES string of the molecule is Cc1cnn(CCNS(=O)(=O)N2CCC(CN)CC2)c1. The molecule has 1 aromatic heterocycles. The lowest BCUT2D eigenvalue weighted by Crippen LogP contribution is -2.46. The molecule has 8 heteroatoms. The first kappa shape index (κ1) is 15.4. The van der Waals surface area contributed by atoms with Gasteiger partial charge in [-0.05, 0) is 37.8 Å². The third-order valence-corrected chi connectivity index (χ3v) is 5.25. The van der Waals surface area contributed by atoms with Crippen molar-refractivity contribution in [2.75, 3.05) is 26.2 Å². The monoisotopic (exact) mass is 301 g/mol. The van der Waals surface area contributed by atoms with Crippen molar-refractivity contribution in [3.8, 4) is 0 Å². The first-order valence-corrected chi connectivity index (χ1v) is 8.39. The molecule has 114 valence electrons. The van der Waals surface area contributed by atoms with Gasteiger partial charge in [-0.1, -0.05) is 0 Å². The largest absolute Gasteiger partial charge is 0.330 e. The summed E-state index contributed by atoms with van der Waals surface area (Å²) in [5.74, 6) is 0.452. The number of aromatic nitrogens is 2. The maximum Gasteiger partial charge on any atom is 0.279 e. The van der Waals surface area contributed by atoms with Crippen molar-refractivity contribution in [1.29, 1.82) is 0 Å². The second-order valence-electron chi connectivity index (χ2n) is 5.26. The Morgan fingerprint density at radius 1 is 1.45 bits per heavy atom. The van der Waals surface area contributed by atoms with E-state index in [4.69, 9.17) is 5.73 Å². The highest BCUT2D eigenvalue weighted by molar-refractivity contribution is 7.87. The highest BCUT2D eigenvalue weighted by Gasteiger charge is 2.26. The van der Waals surface area contributed by atoms with Crippen LogP contribution in [0.3, 0.4) is 0 Å². The molecule has 0 bridgehead atoms. The molecule has 3 N–H and O–H groups in total. The molecule has 1 saturated heterocycles. The lowest BCUT2D eigenvalue weighted by Gasteiger charge is -2.30. The highest BCUT2D eigenvalue weighted by atomic mass is 32.2. The number of nitrogens with two attached hydrogens (primary N) is 1. The molecule has 0 radical (unpaired) electrons. The molecular weight excluding hydrogens is 278 g/mol. The Hall–Kier alpha value is -0.960. The van der Waals surface area contributed by atoms with Gasteiger partial charge in [-0.3, -0.25) is 4.68 Å². The van der Waals surface area contributed by atoms with Crippen LogP contribution in [0.4, 0.5) is 0 Å². The lowest BCUT2D eigenvalue weighted by atomic mass is 9.99. The molecule has 7 nitrogen and oxygen atoms in total. The minimum Gasteiger partial charge on any atom is -0.330 e. The lowest BCUT2D eigenvalue weighted by molar-refractivity contribution is 0.275. The molecule has 0 atom stereocenters. The van der Waals surface area contributed by atoms with Crippen LogP contribution >= 0.6 is 0 Å². The Balaban J connectivity index is 1.79. The van der Waals surface area contributed by atoms with Crippen molar-refractivity contribution >= 4 is 10.2 Å². The number of aryl methyl sites for hydroxylation is 1. The fourth-order valence-electron chi connectivity index (χ4n) is 2.36. The normalized spacial score (nSPS) is 18.5. The van der Waals surface area contributed by atoms with Gasteiger partial charge in [0.15, 0.2) is 0 Å². The molecule has 0 spiro atoms. The zero-order valence-corrected chi connectivity index (χ0v) is 12.6. The van der Waals surface area contributed by atoms with E-state index in [0.717, 1.165) is 18.4 Å². The van der Waals surface area contributed by atoms with Crippen molar-refractivity contribution in [3.05, 3.63) is 18.0 Å². The van der Waals surface area contributed by atoms with Gasteiger partial charge in [0.05, 0.1) is 12.7 Å². The predicted octanol–water partition coefficient (Wildman–Crippen LogP) is -0.303. The Morgan fingerprint density at radius 3 is 2.70 bits per heavy atom. The van der Waals surface area contributed by atoms with Gasteiger partial charge in [-0.15, -0.1) is 0 Å². The van der Waals surface area contributed by atoms with E-state index >= 15 is 0 Å². The van der Waals surface area contributed by atoms with Crippen molar-refractivity contribution in [3.63, 3.8) is 0 Å². The average molecular weight is 301 g/mol. The summed E-state index contributed by atoms with van der Waals surface area (Å²) in [7, 11) is -3.38. The second-order valence-corrected chi connectivity index (χ2v) is 7.01. The van der Waals surface area contributed by atoms with Gasteiger partial charge in [0.25, 0.3) is 10.2 Å². The Morgan fingerprint density at radius 2 is 2.15 bits per heavy atom. The Bertz CT molecular complexity index is 520. The van der Waals surface area contributed by atoms with Crippen LogP contribution in [0.15, 0.2) is 12.4 Å². The molecule has 1 aliphatic rings. The van der Waals surface area contributed by atoms with Gasteiger partial charge in [0.2, 0.25) is 0 Å². The van der Waals surface area contributed by atoms with E-state index in [9.17, 15) is 8.42 Å². The summed E-state index contributed by atoms with van der Waals surface area (Å²) in [6, 6.07) is 0. The van der Waals surface area contributed by atoms with Crippen LogP contribution in [0.5, 0.6) is 0 Å². The van der Waals surface area contributed by atoms with Gasteiger partial charge < -0.3 is 5.73 Å². The zero-order chi connectivity index (χ0) is 14.6. The van der Waals surface area contributed by atoms with Gasteiger partial charge in [0.1, 0.15) is 0 Å². The molecule has 0 saturated carbocycles. The van der Waals surface area contributed by atoms with Crippen molar-refractivity contribution in [1.82, 2.24) is 18.8 Å². The van der Waals surface area contributed by atoms with E-state index in [1.54, 1.807) is 10.9 Å². The van der Waals surface area contributed by atoms with E-state index < -0.39 is 10.2 Å². The first-order valence-electron chi connectivity index (χ1n) is 6.95. The van der Waals surface area contributed by atoms with Crippen molar-refractivity contribution in [2.24, 2.45) is 11.7 Å². The van der Waals surface area contributed by atoms with E-state index in [1.807, 2.05) is 13.1 Å². The first-order chi connectivity index (χ1) is 9.51. The number of nitrogens with zero attached hydrogens (tertiary/aromatic N) is 3. The summed E-state index contributed by atoms with van der Waals surface area (Å²) in [5.41, 5.74) is 6.68. The van der Waals surface area contributed by atoms with E-state index in [1.165, 1.54) is 4.31 Å². The Kier molecular flexibility index (Phi) is 5.14.